The molecule has 0 radical (unpaired) electrons. The summed E-state index contributed by atoms with van der Waals surface area (Å²) >= 11 is 0. The molecular formula is C17H18N4O. The molecule has 1 aromatic heterocycles. The van der Waals surface area contributed by atoms with Crippen molar-refractivity contribution >= 4 is 22.6 Å². The lowest BCUT2D eigenvalue weighted by molar-refractivity contribution is -0.116. The van der Waals surface area contributed by atoms with Crippen LogP contribution in [0.2, 0.25) is 0 Å². The Morgan fingerprint density at radius 1 is 1.14 bits per heavy atom. The van der Waals surface area contributed by atoms with Gasteiger partial charge in [-0.15, -0.1) is 5.10 Å². The van der Waals surface area contributed by atoms with Gasteiger partial charge in [-0.2, -0.15) is 0 Å². The molecule has 0 aliphatic rings. The van der Waals surface area contributed by atoms with E-state index in [1.165, 1.54) is 5.56 Å². The maximum atomic E-state index is 12.1. The van der Waals surface area contributed by atoms with E-state index in [2.05, 4.69) is 15.6 Å². The summed E-state index contributed by atoms with van der Waals surface area (Å²) in [7, 11) is 0. The molecule has 2 aromatic carbocycles. The highest BCUT2D eigenvalue weighted by Gasteiger charge is 2.08. The predicted molar refractivity (Wildman–Crippen MR) is 86.7 cm³/mol. The number of rotatable bonds is 4. The summed E-state index contributed by atoms with van der Waals surface area (Å²) in [5, 5.41) is 11.1. The van der Waals surface area contributed by atoms with Crippen LogP contribution < -0.4 is 5.32 Å². The quantitative estimate of drug-likeness (QED) is 0.804. The van der Waals surface area contributed by atoms with E-state index in [0.717, 1.165) is 22.3 Å². The molecule has 0 atom stereocenters. The van der Waals surface area contributed by atoms with E-state index in [0.29, 0.717) is 13.0 Å². The molecular weight excluding hydrogens is 276 g/mol. The fourth-order valence-electron chi connectivity index (χ4n) is 2.39. The number of fused-ring (bicyclic) bond motifs is 1. The second-order valence-electron chi connectivity index (χ2n) is 5.35. The molecule has 3 rings (SSSR count). The van der Waals surface area contributed by atoms with Gasteiger partial charge in [-0.25, -0.2) is 4.68 Å². The summed E-state index contributed by atoms with van der Waals surface area (Å²) in [5.74, 6) is -0.0201. The zero-order chi connectivity index (χ0) is 15.5. The molecule has 0 saturated carbocycles. The summed E-state index contributed by atoms with van der Waals surface area (Å²) in [6, 6.07) is 13.6. The SMILES string of the molecule is Cc1cccc(NC(=O)CCn2nnc3ccccc32)c1C. The Hall–Kier alpha value is -2.69. The number of hydrogen-bond acceptors (Lipinski definition) is 3. The number of aryl methyl sites for hydroxylation is 2. The van der Waals surface area contributed by atoms with Gasteiger partial charge in [-0.1, -0.05) is 29.5 Å². The van der Waals surface area contributed by atoms with E-state index in [-0.39, 0.29) is 5.91 Å². The highest BCUT2D eigenvalue weighted by Crippen LogP contribution is 2.18. The molecule has 0 bridgehead atoms. The van der Waals surface area contributed by atoms with Gasteiger partial charge in [0.15, 0.2) is 0 Å². The first-order valence-corrected chi connectivity index (χ1v) is 7.29. The van der Waals surface area contributed by atoms with Gasteiger partial charge in [0.1, 0.15) is 5.52 Å². The van der Waals surface area contributed by atoms with Crippen molar-refractivity contribution in [3.63, 3.8) is 0 Å². The second-order valence-corrected chi connectivity index (χ2v) is 5.35. The van der Waals surface area contributed by atoms with Crippen LogP contribution in [0.4, 0.5) is 5.69 Å². The highest BCUT2D eigenvalue weighted by atomic mass is 16.1. The van der Waals surface area contributed by atoms with E-state index in [9.17, 15) is 4.79 Å². The van der Waals surface area contributed by atoms with Crippen LogP contribution in [0.5, 0.6) is 0 Å². The summed E-state index contributed by atoms with van der Waals surface area (Å²) in [6.45, 7) is 4.56. The summed E-state index contributed by atoms with van der Waals surface area (Å²) in [6.07, 6.45) is 0.362. The van der Waals surface area contributed by atoms with Gasteiger partial charge in [0.2, 0.25) is 5.91 Å². The number of nitrogens with zero attached hydrogens (tertiary/aromatic N) is 3. The standard InChI is InChI=1S/C17H18N4O/c1-12-6-5-8-14(13(12)2)18-17(22)10-11-21-16-9-4-3-7-15(16)19-20-21/h3-9H,10-11H2,1-2H3,(H,18,22). The van der Waals surface area contributed by atoms with Crippen LogP contribution in [-0.4, -0.2) is 20.9 Å². The zero-order valence-corrected chi connectivity index (χ0v) is 12.7. The van der Waals surface area contributed by atoms with Crippen LogP contribution in [0.3, 0.4) is 0 Å². The van der Waals surface area contributed by atoms with Gasteiger partial charge >= 0.3 is 0 Å². The van der Waals surface area contributed by atoms with Crippen molar-refractivity contribution < 1.29 is 4.79 Å². The number of carbonyl (C=O) groups excluding carboxylic acids is 1. The fraction of sp³-hybridized carbons (Fsp3) is 0.235. The Kier molecular flexibility index (Phi) is 3.87. The normalized spacial score (nSPS) is 10.8. The molecule has 5 heteroatoms. The number of nitrogens with one attached hydrogen (secondary N) is 1. The third-order valence-electron chi connectivity index (χ3n) is 3.85. The van der Waals surface area contributed by atoms with E-state index in [1.807, 2.05) is 56.3 Å². The zero-order valence-electron chi connectivity index (χ0n) is 12.7. The Balaban J connectivity index is 1.66. The molecule has 0 aliphatic heterocycles. The van der Waals surface area contributed by atoms with Crippen LogP contribution >= 0.6 is 0 Å². The Morgan fingerprint density at radius 3 is 2.82 bits per heavy atom. The van der Waals surface area contributed by atoms with E-state index >= 15 is 0 Å². The van der Waals surface area contributed by atoms with Gasteiger partial charge in [0.05, 0.1) is 12.1 Å². The number of benzene rings is 2. The lowest BCUT2D eigenvalue weighted by atomic mass is 10.1. The van der Waals surface area contributed by atoms with Crippen LogP contribution in [0, 0.1) is 13.8 Å². The molecule has 3 aromatic rings. The van der Waals surface area contributed by atoms with Gasteiger partial charge in [-0.3, -0.25) is 4.79 Å². The number of hydrogen-bond donors (Lipinski definition) is 1. The van der Waals surface area contributed by atoms with E-state index in [1.54, 1.807) is 4.68 Å². The molecule has 0 aliphatic carbocycles. The number of amides is 1. The van der Waals surface area contributed by atoms with Crippen LogP contribution in [0.25, 0.3) is 11.0 Å². The average Bonchev–Trinajstić information content (AvgIpc) is 2.93. The first kappa shape index (κ1) is 14.3. The van der Waals surface area contributed by atoms with Crippen LogP contribution in [0.15, 0.2) is 42.5 Å². The molecule has 5 nitrogen and oxygen atoms in total. The molecule has 1 heterocycles. The largest absolute Gasteiger partial charge is 0.326 e. The Bertz CT molecular complexity index is 822. The van der Waals surface area contributed by atoms with Gasteiger partial charge in [-0.05, 0) is 43.2 Å². The van der Waals surface area contributed by atoms with E-state index in [4.69, 9.17) is 0 Å². The number of carbonyl (C=O) groups is 1. The lowest BCUT2D eigenvalue weighted by Crippen LogP contribution is -2.16. The van der Waals surface area contributed by atoms with Crippen molar-refractivity contribution in [3.05, 3.63) is 53.6 Å². The molecule has 0 fully saturated rings. The number of aromatic nitrogens is 3. The summed E-state index contributed by atoms with van der Waals surface area (Å²) in [4.78, 5) is 12.1. The highest BCUT2D eigenvalue weighted by molar-refractivity contribution is 5.91. The molecule has 22 heavy (non-hydrogen) atoms. The third kappa shape index (κ3) is 2.83. The summed E-state index contributed by atoms with van der Waals surface area (Å²) in [5.41, 5.74) is 4.93. The lowest BCUT2D eigenvalue weighted by Gasteiger charge is -2.10. The van der Waals surface area contributed by atoms with Crippen molar-refractivity contribution in [3.8, 4) is 0 Å². The average molecular weight is 294 g/mol. The topological polar surface area (TPSA) is 59.8 Å². The van der Waals surface area contributed by atoms with Gasteiger partial charge in [0.25, 0.3) is 0 Å². The molecule has 112 valence electrons. The van der Waals surface area contributed by atoms with Crippen molar-refractivity contribution in [2.24, 2.45) is 0 Å². The van der Waals surface area contributed by atoms with Gasteiger partial charge in [0, 0.05) is 12.1 Å². The summed E-state index contributed by atoms with van der Waals surface area (Å²) < 4.78 is 1.76. The molecule has 0 spiro atoms. The van der Waals surface area contributed by atoms with E-state index < -0.39 is 0 Å². The molecule has 1 amide bonds. The van der Waals surface area contributed by atoms with Crippen molar-refractivity contribution in [2.45, 2.75) is 26.8 Å². The van der Waals surface area contributed by atoms with Crippen LogP contribution in [-0.2, 0) is 11.3 Å². The molecule has 1 N–H and O–H groups in total. The fourth-order valence-corrected chi connectivity index (χ4v) is 2.39. The molecule has 0 unspecified atom stereocenters. The van der Waals surface area contributed by atoms with Crippen LogP contribution in [0.1, 0.15) is 17.5 Å². The van der Waals surface area contributed by atoms with Crippen molar-refractivity contribution in [1.29, 1.82) is 0 Å². The predicted octanol–water partition coefficient (Wildman–Crippen LogP) is 3.08. The third-order valence-corrected chi connectivity index (χ3v) is 3.85. The number of anilines is 1. The molecule has 0 saturated heterocycles. The van der Waals surface area contributed by atoms with Crippen molar-refractivity contribution in [2.75, 3.05) is 5.32 Å². The first-order valence-electron chi connectivity index (χ1n) is 7.29. The smallest absolute Gasteiger partial charge is 0.226 e. The van der Waals surface area contributed by atoms with Gasteiger partial charge < -0.3 is 5.32 Å². The Labute approximate surface area is 129 Å². The minimum absolute atomic E-state index is 0.0201. The van der Waals surface area contributed by atoms with Crippen molar-refractivity contribution in [1.82, 2.24) is 15.0 Å². The minimum atomic E-state index is -0.0201. The maximum Gasteiger partial charge on any atom is 0.226 e. The maximum absolute atomic E-state index is 12.1. The minimum Gasteiger partial charge on any atom is -0.326 e. The number of para-hydroxylation sites is 1. The first-order chi connectivity index (χ1) is 10.6. The monoisotopic (exact) mass is 294 g/mol. The second kappa shape index (κ2) is 5.97. The Morgan fingerprint density at radius 2 is 1.95 bits per heavy atom.